The molecule has 16 heavy (non-hydrogen) atoms. The molecule has 0 atom stereocenters. The maximum absolute atomic E-state index is 11.5. The Hall–Kier alpha value is -1.30. The van der Waals surface area contributed by atoms with Gasteiger partial charge in [-0.3, -0.25) is 10.2 Å². The van der Waals surface area contributed by atoms with Gasteiger partial charge in [0, 0.05) is 19.0 Å². The van der Waals surface area contributed by atoms with Crippen molar-refractivity contribution in [3.63, 3.8) is 0 Å². The molecule has 0 bridgehead atoms. The molecule has 3 N–H and O–H groups in total. The molecule has 1 aliphatic heterocycles. The number of rotatable bonds is 2. The Bertz CT molecular complexity index is 260. The van der Waals surface area contributed by atoms with Crippen molar-refractivity contribution < 1.29 is 14.3 Å². The standard InChI is InChI=1S/C10H19N3O3/c1-7(2)16-10(15)13-5-3-8(4-6-13)9(14)12-11/h7-8H,3-6,11H2,1-2H3,(H,12,14). The Balaban J connectivity index is 2.37. The van der Waals surface area contributed by atoms with Gasteiger partial charge < -0.3 is 9.64 Å². The van der Waals surface area contributed by atoms with Gasteiger partial charge in [0.05, 0.1) is 6.10 Å². The molecular weight excluding hydrogens is 210 g/mol. The van der Waals surface area contributed by atoms with E-state index in [4.69, 9.17) is 10.6 Å². The molecule has 92 valence electrons. The van der Waals surface area contributed by atoms with E-state index in [1.807, 2.05) is 13.8 Å². The SMILES string of the molecule is CC(C)OC(=O)N1CCC(C(=O)NN)CC1. The molecule has 0 aliphatic carbocycles. The van der Waals surface area contributed by atoms with Crippen LogP contribution in [0.3, 0.4) is 0 Å². The van der Waals surface area contributed by atoms with Crippen LogP contribution < -0.4 is 11.3 Å². The van der Waals surface area contributed by atoms with E-state index in [0.29, 0.717) is 25.9 Å². The second-order valence-corrected chi connectivity index (χ2v) is 4.20. The molecule has 1 heterocycles. The third kappa shape index (κ3) is 3.37. The van der Waals surface area contributed by atoms with E-state index in [9.17, 15) is 9.59 Å². The highest BCUT2D eigenvalue weighted by Crippen LogP contribution is 2.17. The summed E-state index contributed by atoms with van der Waals surface area (Å²) in [5.74, 6) is 4.81. The Kier molecular flexibility index (Phi) is 4.54. The Morgan fingerprint density at radius 1 is 1.38 bits per heavy atom. The van der Waals surface area contributed by atoms with Crippen molar-refractivity contribution in [3.8, 4) is 0 Å². The smallest absolute Gasteiger partial charge is 0.410 e. The number of carbonyl (C=O) groups excluding carboxylic acids is 2. The van der Waals surface area contributed by atoms with E-state index in [1.54, 1.807) is 4.90 Å². The fourth-order valence-electron chi connectivity index (χ4n) is 1.72. The first-order valence-electron chi connectivity index (χ1n) is 5.50. The van der Waals surface area contributed by atoms with Gasteiger partial charge in [0.2, 0.25) is 5.91 Å². The van der Waals surface area contributed by atoms with Gasteiger partial charge in [0.15, 0.2) is 0 Å². The van der Waals surface area contributed by atoms with Crippen LogP contribution in [0.5, 0.6) is 0 Å². The van der Waals surface area contributed by atoms with Crippen LogP contribution in [-0.4, -0.2) is 36.1 Å². The highest BCUT2D eigenvalue weighted by Gasteiger charge is 2.27. The minimum absolute atomic E-state index is 0.0897. The van der Waals surface area contributed by atoms with Gasteiger partial charge in [0.1, 0.15) is 0 Å². The molecule has 0 spiro atoms. The number of hydrogen-bond acceptors (Lipinski definition) is 4. The maximum Gasteiger partial charge on any atom is 0.410 e. The number of likely N-dealkylation sites (tertiary alicyclic amines) is 1. The molecule has 0 saturated carbocycles. The van der Waals surface area contributed by atoms with Crippen molar-refractivity contribution in [1.82, 2.24) is 10.3 Å². The largest absolute Gasteiger partial charge is 0.447 e. The Morgan fingerprint density at radius 2 is 1.94 bits per heavy atom. The minimum Gasteiger partial charge on any atom is -0.447 e. The summed E-state index contributed by atoms with van der Waals surface area (Å²) in [6.45, 7) is 4.71. The van der Waals surface area contributed by atoms with E-state index in [1.165, 1.54) is 0 Å². The van der Waals surface area contributed by atoms with Crippen LogP contribution in [0.1, 0.15) is 26.7 Å². The lowest BCUT2D eigenvalue weighted by molar-refractivity contribution is -0.126. The highest BCUT2D eigenvalue weighted by molar-refractivity contribution is 5.78. The van der Waals surface area contributed by atoms with Crippen LogP contribution in [-0.2, 0) is 9.53 Å². The quantitative estimate of drug-likeness (QED) is 0.403. The molecule has 0 aromatic rings. The van der Waals surface area contributed by atoms with Crippen molar-refractivity contribution in [1.29, 1.82) is 0 Å². The van der Waals surface area contributed by atoms with Crippen LogP contribution in [0.25, 0.3) is 0 Å². The zero-order valence-corrected chi connectivity index (χ0v) is 9.73. The lowest BCUT2D eigenvalue weighted by atomic mass is 9.96. The van der Waals surface area contributed by atoms with E-state index < -0.39 is 0 Å². The molecule has 2 amide bonds. The third-order valence-corrected chi connectivity index (χ3v) is 2.60. The fourth-order valence-corrected chi connectivity index (χ4v) is 1.72. The average Bonchev–Trinajstić information content (AvgIpc) is 2.27. The first-order valence-corrected chi connectivity index (χ1v) is 5.50. The number of nitrogens with one attached hydrogen (secondary N) is 1. The molecule has 1 aliphatic rings. The second kappa shape index (κ2) is 5.69. The second-order valence-electron chi connectivity index (χ2n) is 4.20. The first kappa shape index (κ1) is 12.8. The van der Waals surface area contributed by atoms with Crippen LogP contribution in [0.2, 0.25) is 0 Å². The summed E-state index contributed by atoms with van der Waals surface area (Å²) in [4.78, 5) is 24.4. The molecule has 6 heteroatoms. The number of nitrogens with two attached hydrogens (primary N) is 1. The summed E-state index contributed by atoms with van der Waals surface area (Å²) >= 11 is 0. The van der Waals surface area contributed by atoms with Crippen molar-refractivity contribution in [2.45, 2.75) is 32.8 Å². The highest BCUT2D eigenvalue weighted by atomic mass is 16.6. The number of ether oxygens (including phenoxy) is 1. The van der Waals surface area contributed by atoms with Crippen molar-refractivity contribution >= 4 is 12.0 Å². The summed E-state index contributed by atoms with van der Waals surface area (Å²) in [6, 6.07) is 0. The molecule has 1 saturated heterocycles. The normalized spacial score (nSPS) is 17.4. The number of carbonyl (C=O) groups is 2. The van der Waals surface area contributed by atoms with Gasteiger partial charge in [-0.1, -0.05) is 0 Å². The zero-order chi connectivity index (χ0) is 12.1. The molecule has 6 nitrogen and oxygen atoms in total. The number of hydrogen-bond donors (Lipinski definition) is 2. The summed E-state index contributed by atoms with van der Waals surface area (Å²) in [5, 5.41) is 0. The molecule has 0 aromatic carbocycles. The van der Waals surface area contributed by atoms with E-state index >= 15 is 0 Å². The molecule has 1 fully saturated rings. The summed E-state index contributed by atoms with van der Waals surface area (Å²) in [5.41, 5.74) is 2.14. The average molecular weight is 229 g/mol. The van der Waals surface area contributed by atoms with Crippen molar-refractivity contribution in [2.24, 2.45) is 11.8 Å². The number of amides is 2. The topological polar surface area (TPSA) is 84.7 Å². The Labute approximate surface area is 95.1 Å². The molecule has 1 rings (SSSR count). The van der Waals surface area contributed by atoms with Gasteiger partial charge in [-0.15, -0.1) is 0 Å². The summed E-state index contributed by atoms with van der Waals surface area (Å²) in [6.07, 6.45) is 0.853. The van der Waals surface area contributed by atoms with Gasteiger partial charge in [-0.05, 0) is 26.7 Å². The maximum atomic E-state index is 11.5. The lowest BCUT2D eigenvalue weighted by Crippen LogP contribution is -2.45. The van der Waals surface area contributed by atoms with Crippen LogP contribution >= 0.6 is 0 Å². The predicted octanol–water partition coefficient (Wildman–Crippen LogP) is 0.233. The van der Waals surface area contributed by atoms with Gasteiger partial charge >= 0.3 is 6.09 Å². The molecule has 0 unspecified atom stereocenters. The first-order chi connectivity index (χ1) is 7.54. The van der Waals surface area contributed by atoms with Crippen molar-refractivity contribution in [2.75, 3.05) is 13.1 Å². The van der Waals surface area contributed by atoms with Crippen LogP contribution in [0, 0.1) is 5.92 Å². The van der Waals surface area contributed by atoms with E-state index in [2.05, 4.69) is 5.43 Å². The van der Waals surface area contributed by atoms with Crippen molar-refractivity contribution in [3.05, 3.63) is 0 Å². The monoisotopic (exact) mass is 229 g/mol. The van der Waals surface area contributed by atoms with E-state index in [-0.39, 0.29) is 24.0 Å². The third-order valence-electron chi connectivity index (χ3n) is 2.60. The summed E-state index contributed by atoms with van der Waals surface area (Å²) in [7, 11) is 0. The molecular formula is C10H19N3O3. The lowest BCUT2D eigenvalue weighted by Gasteiger charge is -2.30. The van der Waals surface area contributed by atoms with Gasteiger partial charge in [-0.25, -0.2) is 10.6 Å². The fraction of sp³-hybridized carbons (Fsp3) is 0.800. The summed E-state index contributed by atoms with van der Waals surface area (Å²) < 4.78 is 5.07. The van der Waals surface area contributed by atoms with Gasteiger partial charge in [-0.2, -0.15) is 0 Å². The number of hydrazine groups is 1. The minimum atomic E-state index is -0.304. The van der Waals surface area contributed by atoms with Gasteiger partial charge in [0.25, 0.3) is 0 Å². The Morgan fingerprint density at radius 3 is 2.38 bits per heavy atom. The number of piperidine rings is 1. The van der Waals surface area contributed by atoms with E-state index in [0.717, 1.165) is 0 Å². The zero-order valence-electron chi connectivity index (χ0n) is 9.73. The van der Waals surface area contributed by atoms with Crippen LogP contribution in [0.15, 0.2) is 0 Å². The molecule has 0 radical (unpaired) electrons. The molecule has 0 aromatic heterocycles. The van der Waals surface area contributed by atoms with Crippen LogP contribution in [0.4, 0.5) is 4.79 Å². The number of nitrogens with zero attached hydrogens (tertiary/aromatic N) is 1. The predicted molar refractivity (Wildman–Crippen MR) is 58.2 cm³/mol.